The Labute approximate surface area is 111 Å². The minimum Gasteiger partial charge on any atom is -0.493 e. The van der Waals surface area contributed by atoms with Crippen LogP contribution in [0.3, 0.4) is 0 Å². The van der Waals surface area contributed by atoms with E-state index in [0.29, 0.717) is 22.8 Å². The number of hydrogen-bond acceptors (Lipinski definition) is 4. The second-order valence-corrected chi connectivity index (χ2v) is 4.15. The Morgan fingerprint density at radius 1 is 1.16 bits per heavy atom. The molecule has 5 heteroatoms. The lowest BCUT2D eigenvalue weighted by Gasteiger charge is -2.10. The fraction of sp³-hybridized carbons (Fsp3) is 0.286. The summed E-state index contributed by atoms with van der Waals surface area (Å²) >= 11 is 0. The molecule has 0 amide bonds. The van der Waals surface area contributed by atoms with Gasteiger partial charge in [0.25, 0.3) is 0 Å². The van der Waals surface area contributed by atoms with Crippen molar-refractivity contribution in [1.29, 1.82) is 0 Å². The Hall–Kier alpha value is -2.30. The first-order valence-corrected chi connectivity index (χ1v) is 5.86. The first-order chi connectivity index (χ1) is 9.12. The Morgan fingerprint density at radius 2 is 1.84 bits per heavy atom. The molecule has 0 saturated carbocycles. The highest BCUT2D eigenvalue weighted by molar-refractivity contribution is 5.78. The average molecular weight is 260 g/mol. The molecule has 19 heavy (non-hydrogen) atoms. The number of carbonyl (C=O) groups is 1. The minimum absolute atomic E-state index is 0.620. The largest absolute Gasteiger partial charge is 0.493 e. The number of nitrogens with zero attached hydrogens (tertiary/aromatic N) is 2. The van der Waals surface area contributed by atoms with E-state index in [9.17, 15) is 4.79 Å². The molecule has 0 fully saturated rings. The quantitative estimate of drug-likeness (QED) is 0.792. The number of hydrogen-bond donors (Lipinski definition) is 0. The third-order valence-electron chi connectivity index (χ3n) is 3.08. The Balaban J connectivity index is 2.56. The smallest absolute Gasteiger partial charge is 0.162 e. The van der Waals surface area contributed by atoms with Crippen LogP contribution in [0.25, 0.3) is 5.69 Å². The fourth-order valence-corrected chi connectivity index (χ4v) is 2.03. The zero-order valence-corrected chi connectivity index (χ0v) is 11.4. The van der Waals surface area contributed by atoms with E-state index in [2.05, 4.69) is 5.10 Å². The van der Waals surface area contributed by atoms with Crippen LogP contribution in [0.4, 0.5) is 0 Å². The number of aldehydes is 1. The molecule has 1 aromatic heterocycles. The van der Waals surface area contributed by atoms with E-state index in [1.807, 2.05) is 32.0 Å². The van der Waals surface area contributed by atoms with Crippen LogP contribution in [0.2, 0.25) is 0 Å². The van der Waals surface area contributed by atoms with E-state index < -0.39 is 0 Å². The predicted molar refractivity (Wildman–Crippen MR) is 71.5 cm³/mol. The summed E-state index contributed by atoms with van der Waals surface area (Å²) in [6.07, 6.45) is 0.828. The van der Waals surface area contributed by atoms with Crippen LogP contribution in [0.1, 0.15) is 21.7 Å². The summed E-state index contributed by atoms with van der Waals surface area (Å²) in [5.74, 6) is 1.28. The number of aryl methyl sites for hydroxylation is 1. The topological polar surface area (TPSA) is 53.4 Å². The normalized spacial score (nSPS) is 10.3. The molecule has 0 aliphatic heterocycles. The second kappa shape index (κ2) is 5.14. The summed E-state index contributed by atoms with van der Waals surface area (Å²) in [5, 5.41) is 4.37. The molecular weight excluding hydrogens is 244 g/mol. The van der Waals surface area contributed by atoms with E-state index in [1.165, 1.54) is 0 Å². The molecule has 5 nitrogen and oxygen atoms in total. The molecule has 0 spiro atoms. The van der Waals surface area contributed by atoms with Crippen molar-refractivity contribution in [3.63, 3.8) is 0 Å². The molecule has 0 radical (unpaired) electrons. The Bertz CT molecular complexity index is 617. The van der Waals surface area contributed by atoms with Gasteiger partial charge in [-0.1, -0.05) is 0 Å². The zero-order chi connectivity index (χ0) is 14.0. The van der Waals surface area contributed by atoms with Crippen molar-refractivity contribution in [3.05, 3.63) is 35.2 Å². The molecule has 0 saturated heterocycles. The maximum absolute atomic E-state index is 11.0. The summed E-state index contributed by atoms with van der Waals surface area (Å²) in [6.45, 7) is 3.68. The molecule has 1 aromatic carbocycles. The van der Waals surface area contributed by atoms with Gasteiger partial charge in [0.1, 0.15) is 0 Å². The summed E-state index contributed by atoms with van der Waals surface area (Å²) in [7, 11) is 3.17. The molecule has 0 bridgehead atoms. The van der Waals surface area contributed by atoms with Gasteiger partial charge in [-0.3, -0.25) is 4.79 Å². The first-order valence-electron chi connectivity index (χ1n) is 5.86. The van der Waals surface area contributed by atoms with Crippen molar-refractivity contribution < 1.29 is 14.3 Å². The van der Waals surface area contributed by atoms with Gasteiger partial charge in [0.2, 0.25) is 0 Å². The first kappa shape index (κ1) is 13.1. The van der Waals surface area contributed by atoms with Crippen LogP contribution in [0.5, 0.6) is 11.5 Å². The van der Waals surface area contributed by atoms with Crippen LogP contribution < -0.4 is 9.47 Å². The van der Waals surface area contributed by atoms with Gasteiger partial charge in [-0.15, -0.1) is 0 Å². The van der Waals surface area contributed by atoms with Crippen molar-refractivity contribution in [2.45, 2.75) is 13.8 Å². The Kier molecular flexibility index (Phi) is 3.55. The van der Waals surface area contributed by atoms with Gasteiger partial charge in [0.15, 0.2) is 17.8 Å². The molecule has 0 unspecified atom stereocenters. The van der Waals surface area contributed by atoms with Crippen molar-refractivity contribution in [3.8, 4) is 17.2 Å². The van der Waals surface area contributed by atoms with Gasteiger partial charge in [-0.2, -0.15) is 5.10 Å². The third kappa shape index (κ3) is 2.19. The molecule has 0 atom stereocenters. The third-order valence-corrected chi connectivity index (χ3v) is 3.08. The van der Waals surface area contributed by atoms with E-state index >= 15 is 0 Å². The number of carbonyl (C=O) groups excluding carboxylic acids is 1. The number of aromatic nitrogens is 2. The van der Waals surface area contributed by atoms with Crippen LogP contribution in [0, 0.1) is 13.8 Å². The average Bonchev–Trinajstić information content (AvgIpc) is 2.72. The molecule has 1 heterocycles. The van der Waals surface area contributed by atoms with E-state index in [-0.39, 0.29) is 0 Å². The van der Waals surface area contributed by atoms with Crippen molar-refractivity contribution in [1.82, 2.24) is 9.78 Å². The highest BCUT2D eigenvalue weighted by Crippen LogP contribution is 2.29. The maximum atomic E-state index is 11.0. The molecule has 2 aromatic rings. The number of rotatable bonds is 4. The molecule has 0 aliphatic rings. The van der Waals surface area contributed by atoms with Crippen molar-refractivity contribution in [2.24, 2.45) is 0 Å². The summed E-state index contributed by atoms with van der Waals surface area (Å²) < 4.78 is 12.2. The molecule has 2 rings (SSSR count). The highest BCUT2D eigenvalue weighted by Gasteiger charge is 2.13. The highest BCUT2D eigenvalue weighted by atomic mass is 16.5. The lowest BCUT2D eigenvalue weighted by atomic mass is 10.2. The van der Waals surface area contributed by atoms with Crippen LogP contribution in [-0.2, 0) is 0 Å². The number of ether oxygens (including phenoxy) is 2. The predicted octanol–water partition coefficient (Wildman–Crippen LogP) is 2.32. The van der Waals surface area contributed by atoms with Crippen LogP contribution in [0.15, 0.2) is 18.2 Å². The van der Waals surface area contributed by atoms with E-state index in [1.54, 1.807) is 18.9 Å². The number of methoxy groups -OCH3 is 2. The number of benzene rings is 1. The van der Waals surface area contributed by atoms with Gasteiger partial charge in [0.05, 0.1) is 36.9 Å². The van der Waals surface area contributed by atoms with Gasteiger partial charge >= 0.3 is 0 Å². The lowest BCUT2D eigenvalue weighted by Crippen LogP contribution is -2.01. The van der Waals surface area contributed by atoms with Crippen LogP contribution >= 0.6 is 0 Å². The molecule has 0 aliphatic carbocycles. The molecular formula is C14H16N2O3. The van der Waals surface area contributed by atoms with Crippen molar-refractivity contribution >= 4 is 6.29 Å². The standard InChI is InChI=1S/C14H16N2O3/c1-9-12(8-17)10(2)16(15-9)11-5-6-13(18-3)14(7-11)19-4/h5-8H,1-4H3. The van der Waals surface area contributed by atoms with Crippen LogP contribution in [-0.4, -0.2) is 30.3 Å². The van der Waals surface area contributed by atoms with Gasteiger partial charge < -0.3 is 9.47 Å². The van der Waals surface area contributed by atoms with Crippen molar-refractivity contribution in [2.75, 3.05) is 14.2 Å². The van der Waals surface area contributed by atoms with E-state index in [4.69, 9.17) is 9.47 Å². The monoisotopic (exact) mass is 260 g/mol. The SMILES string of the molecule is COc1ccc(-n2nc(C)c(C=O)c2C)cc1OC. The summed E-state index contributed by atoms with van der Waals surface area (Å²) in [4.78, 5) is 11.0. The van der Waals surface area contributed by atoms with E-state index in [0.717, 1.165) is 17.7 Å². The molecule has 0 N–H and O–H groups in total. The Morgan fingerprint density at radius 3 is 2.37 bits per heavy atom. The summed E-state index contributed by atoms with van der Waals surface area (Å²) in [6, 6.07) is 5.51. The minimum atomic E-state index is 0.620. The second-order valence-electron chi connectivity index (χ2n) is 4.15. The van der Waals surface area contributed by atoms with Gasteiger partial charge in [-0.25, -0.2) is 4.68 Å². The zero-order valence-electron chi connectivity index (χ0n) is 11.4. The van der Waals surface area contributed by atoms with Gasteiger partial charge in [-0.05, 0) is 26.0 Å². The maximum Gasteiger partial charge on any atom is 0.162 e. The fourth-order valence-electron chi connectivity index (χ4n) is 2.03. The van der Waals surface area contributed by atoms with Gasteiger partial charge in [0, 0.05) is 6.07 Å². The summed E-state index contributed by atoms with van der Waals surface area (Å²) in [5.41, 5.74) is 2.96. The molecule has 100 valence electrons. The lowest BCUT2D eigenvalue weighted by molar-refractivity contribution is 0.112.